The molecule has 0 amide bonds. The van der Waals surface area contributed by atoms with Crippen molar-refractivity contribution in [3.63, 3.8) is 0 Å². The summed E-state index contributed by atoms with van der Waals surface area (Å²) in [5.74, 6) is 1.43. The molecule has 0 aliphatic heterocycles. The summed E-state index contributed by atoms with van der Waals surface area (Å²) in [6, 6.07) is 0. The fourth-order valence-corrected chi connectivity index (χ4v) is 1.27. The topological polar surface area (TPSA) is 0 Å². The van der Waals surface area contributed by atoms with E-state index in [9.17, 15) is 4.39 Å². The number of halogens is 1. The Morgan fingerprint density at radius 1 is 1.33 bits per heavy atom. The SMILES string of the molecule is FCC[C]1CC[CH]CC1. The van der Waals surface area contributed by atoms with Gasteiger partial charge in [-0.2, -0.15) is 0 Å². The zero-order chi connectivity index (χ0) is 6.53. The van der Waals surface area contributed by atoms with E-state index in [0.717, 1.165) is 12.8 Å². The van der Waals surface area contributed by atoms with E-state index in [2.05, 4.69) is 6.42 Å². The predicted octanol–water partition coefficient (Wildman–Crippen LogP) is 2.70. The molecule has 0 spiro atoms. The molecule has 1 fully saturated rings. The van der Waals surface area contributed by atoms with Crippen LogP contribution in [0.5, 0.6) is 0 Å². The maximum Gasteiger partial charge on any atom is 0.0900 e. The molecule has 1 aliphatic rings. The van der Waals surface area contributed by atoms with Gasteiger partial charge in [-0.3, -0.25) is 4.39 Å². The molecule has 52 valence electrons. The van der Waals surface area contributed by atoms with Crippen molar-refractivity contribution in [2.75, 3.05) is 6.67 Å². The van der Waals surface area contributed by atoms with Gasteiger partial charge in [-0.25, -0.2) is 0 Å². The summed E-state index contributed by atoms with van der Waals surface area (Å²) in [4.78, 5) is 0. The van der Waals surface area contributed by atoms with Gasteiger partial charge in [0.1, 0.15) is 0 Å². The first kappa shape index (κ1) is 7.04. The second kappa shape index (κ2) is 3.86. The lowest BCUT2D eigenvalue weighted by molar-refractivity contribution is 0.449. The lowest BCUT2D eigenvalue weighted by Crippen LogP contribution is -2.04. The van der Waals surface area contributed by atoms with Crippen LogP contribution >= 0.6 is 0 Å². The summed E-state index contributed by atoms with van der Waals surface area (Å²) in [5.41, 5.74) is 0. The maximum atomic E-state index is 11.7. The summed E-state index contributed by atoms with van der Waals surface area (Å²) in [7, 11) is 0. The van der Waals surface area contributed by atoms with Gasteiger partial charge in [0.05, 0.1) is 6.67 Å². The normalized spacial score (nSPS) is 22.3. The van der Waals surface area contributed by atoms with Crippen LogP contribution in [0, 0.1) is 12.3 Å². The third kappa shape index (κ3) is 2.33. The number of alkyl halides is 1. The van der Waals surface area contributed by atoms with E-state index in [1.807, 2.05) is 0 Å². The van der Waals surface area contributed by atoms with E-state index in [-0.39, 0.29) is 6.67 Å². The monoisotopic (exact) mass is 128 g/mol. The second-order valence-corrected chi connectivity index (χ2v) is 2.56. The highest BCUT2D eigenvalue weighted by atomic mass is 19.1. The van der Waals surface area contributed by atoms with Crippen molar-refractivity contribution in [2.45, 2.75) is 32.1 Å². The van der Waals surface area contributed by atoms with E-state index < -0.39 is 0 Å². The molecule has 0 heterocycles. The first-order valence-corrected chi connectivity index (χ1v) is 3.64. The van der Waals surface area contributed by atoms with Crippen LogP contribution in [-0.2, 0) is 0 Å². The van der Waals surface area contributed by atoms with E-state index in [1.165, 1.54) is 18.8 Å². The van der Waals surface area contributed by atoms with Crippen molar-refractivity contribution in [2.24, 2.45) is 0 Å². The number of hydrogen-bond donors (Lipinski definition) is 0. The Kier molecular flexibility index (Phi) is 3.02. The molecule has 0 saturated heterocycles. The van der Waals surface area contributed by atoms with Crippen molar-refractivity contribution >= 4 is 0 Å². The van der Waals surface area contributed by atoms with Crippen molar-refractivity contribution in [3.05, 3.63) is 12.3 Å². The molecule has 0 aromatic carbocycles. The van der Waals surface area contributed by atoms with E-state index in [4.69, 9.17) is 0 Å². The Labute approximate surface area is 56.5 Å². The highest BCUT2D eigenvalue weighted by molar-refractivity contribution is 4.96. The Morgan fingerprint density at radius 3 is 2.56 bits per heavy atom. The second-order valence-electron chi connectivity index (χ2n) is 2.56. The molecular formula is C8H13F. The minimum absolute atomic E-state index is 0.157. The Morgan fingerprint density at radius 2 is 2.00 bits per heavy atom. The molecule has 0 bridgehead atoms. The molecule has 0 atom stereocenters. The van der Waals surface area contributed by atoms with E-state index in [0.29, 0.717) is 6.42 Å². The third-order valence-corrected chi connectivity index (χ3v) is 1.85. The minimum Gasteiger partial charge on any atom is -0.251 e. The lowest BCUT2D eigenvalue weighted by atomic mass is 9.87. The molecule has 2 radical (unpaired) electrons. The van der Waals surface area contributed by atoms with Gasteiger partial charge in [0.2, 0.25) is 0 Å². The van der Waals surface area contributed by atoms with Crippen molar-refractivity contribution in [3.8, 4) is 0 Å². The highest BCUT2D eigenvalue weighted by Gasteiger charge is 2.12. The van der Waals surface area contributed by atoms with Crippen LogP contribution in [-0.4, -0.2) is 6.67 Å². The third-order valence-electron chi connectivity index (χ3n) is 1.85. The zero-order valence-corrected chi connectivity index (χ0v) is 5.70. The predicted molar refractivity (Wildman–Crippen MR) is 36.6 cm³/mol. The highest BCUT2D eigenvalue weighted by Crippen LogP contribution is 2.27. The molecule has 0 aromatic heterocycles. The Bertz CT molecular complexity index is 62.2. The first-order chi connectivity index (χ1) is 4.43. The summed E-state index contributed by atoms with van der Waals surface area (Å²) < 4.78 is 11.7. The first-order valence-electron chi connectivity index (χ1n) is 3.64. The van der Waals surface area contributed by atoms with Gasteiger partial charge in [-0.15, -0.1) is 0 Å². The Hall–Kier alpha value is -0.0700. The van der Waals surface area contributed by atoms with E-state index in [1.54, 1.807) is 0 Å². The van der Waals surface area contributed by atoms with Crippen LogP contribution in [0.3, 0.4) is 0 Å². The molecule has 0 N–H and O–H groups in total. The fraction of sp³-hybridized carbons (Fsp3) is 0.750. The molecule has 1 aliphatic carbocycles. The standard InChI is InChI=1S/C8H13F/c9-7-6-8-4-2-1-3-5-8/h1H,2-7H2. The minimum atomic E-state index is -0.157. The lowest BCUT2D eigenvalue weighted by Gasteiger charge is -2.18. The van der Waals surface area contributed by atoms with Crippen LogP contribution in [0.1, 0.15) is 32.1 Å². The van der Waals surface area contributed by atoms with Gasteiger partial charge in [0.25, 0.3) is 0 Å². The zero-order valence-electron chi connectivity index (χ0n) is 5.70. The summed E-state index contributed by atoms with van der Waals surface area (Å²) in [5, 5.41) is 0. The largest absolute Gasteiger partial charge is 0.251 e. The molecule has 0 unspecified atom stereocenters. The summed E-state index contributed by atoms with van der Waals surface area (Å²) in [6.07, 6.45) is 7.65. The van der Waals surface area contributed by atoms with Crippen LogP contribution in [0.25, 0.3) is 0 Å². The van der Waals surface area contributed by atoms with Crippen molar-refractivity contribution in [1.29, 1.82) is 0 Å². The average molecular weight is 128 g/mol. The quantitative estimate of drug-likeness (QED) is 0.536. The molecule has 1 saturated carbocycles. The molecular weight excluding hydrogens is 115 g/mol. The molecule has 1 heteroatoms. The molecule has 0 aromatic rings. The number of hydrogen-bond acceptors (Lipinski definition) is 0. The molecule has 9 heavy (non-hydrogen) atoms. The number of rotatable bonds is 2. The maximum absolute atomic E-state index is 11.7. The van der Waals surface area contributed by atoms with Gasteiger partial charge in [0.15, 0.2) is 0 Å². The molecule has 0 nitrogen and oxygen atoms in total. The van der Waals surface area contributed by atoms with Crippen molar-refractivity contribution < 1.29 is 4.39 Å². The van der Waals surface area contributed by atoms with Crippen LogP contribution in [0.15, 0.2) is 0 Å². The fourth-order valence-electron chi connectivity index (χ4n) is 1.27. The van der Waals surface area contributed by atoms with Gasteiger partial charge < -0.3 is 0 Å². The van der Waals surface area contributed by atoms with Crippen LogP contribution < -0.4 is 0 Å². The molecule has 1 rings (SSSR count). The van der Waals surface area contributed by atoms with Crippen molar-refractivity contribution in [1.82, 2.24) is 0 Å². The van der Waals surface area contributed by atoms with Gasteiger partial charge in [-0.1, -0.05) is 0 Å². The average Bonchev–Trinajstić information content (AvgIpc) is 1.91. The summed E-state index contributed by atoms with van der Waals surface area (Å²) >= 11 is 0. The van der Waals surface area contributed by atoms with Gasteiger partial charge in [0, 0.05) is 0 Å². The summed E-state index contributed by atoms with van der Waals surface area (Å²) in [6.45, 7) is -0.157. The smallest absolute Gasteiger partial charge is 0.0900 e. The van der Waals surface area contributed by atoms with Gasteiger partial charge in [-0.05, 0) is 44.4 Å². The Balaban J connectivity index is 2.08. The van der Waals surface area contributed by atoms with Gasteiger partial charge >= 0.3 is 0 Å². The van der Waals surface area contributed by atoms with Crippen LogP contribution in [0.4, 0.5) is 4.39 Å². The van der Waals surface area contributed by atoms with E-state index >= 15 is 0 Å². The van der Waals surface area contributed by atoms with Crippen LogP contribution in [0.2, 0.25) is 0 Å².